The number of alkyl halides is 2. The molecule has 1 aromatic heterocycles. The molecule has 0 bridgehead atoms. The molecule has 0 aromatic carbocycles. The van der Waals surface area contributed by atoms with Gasteiger partial charge in [0.15, 0.2) is 8.68 Å². The van der Waals surface area contributed by atoms with Crippen LogP contribution in [0, 0.1) is 11.8 Å². The van der Waals surface area contributed by atoms with E-state index in [-0.39, 0.29) is 25.0 Å². The van der Waals surface area contributed by atoms with Gasteiger partial charge < -0.3 is 9.47 Å². The highest BCUT2D eigenvalue weighted by molar-refractivity contribution is 8.03. The quantitative estimate of drug-likeness (QED) is 0.175. The highest BCUT2D eigenvalue weighted by Gasteiger charge is 2.15. The third kappa shape index (κ3) is 10.4. The van der Waals surface area contributed by atoms with Crippen LogP contribution >= 0.6 is 58.1 Å². The fraction of sp³-hybridized carbons (Fsp3) is 0.500. The molecule has 150 valence electrons. The Balaban J connectivity index is 2.38. The molecule has 2 unspecified atom stereocenters. The van der Waals surface area contributed by atoms with Crippen LogP contribution in [-0.2, 0) is 19.1 Å². The number of ether oxygens (including phenoxy) is 2. The lowest BCUT2D eigenvalue weighted by Crippen LogP contribution is -2.16. The second kappa shape index (κ2) is 14.3. The Bertz CT molecular complexity index is 580. The summed E-state index contributed by atoms with van der Waals surface area (Å²) in [5.41, 5.74) is 0. The summed E-state index contributed by atoms with van der Waals surface area (Å²) in [5.74, 6) is 1.18. The van der Waals surface area contributed by atoms with Gasteiger partial charge in [-0.25, -0.2) is 9.59 Å². The van der Waals surface area contributed by atoms with Gasteiger partial charge in [0.2, 0.25) is 0 Å². The minimum absolute atomic E-state index is 0.0146. The molecule has 1 heterocycles. The van der Waals surface area contributed by atoms with Gasteiger partial charge >= 0.3 is 11.9 Å². The number of carbonyl (C=O) groups is 2. The van der Waals surface area contributed by atoms with Crippen LogP contribution in [0.25, 0.3) is 0 Å². The van der Waals surface area contributed by atoms with Crippen LogP contribution in [0.3, 0.4) is 0 Å². The molecule has 1 rings (SSSR count). The van der Waals surface area contributed by atoms with Crippen LogP contribution in [0.2, 0.25) is 0 Å². The number of rotatable bonds is 14. The fourth-order valence-electron chi connectivity index (χ4n) is 1.48. The Morgan fingerprint density at radius 2 is 1.37 bits per heavy atom. The molecule has 0 N–H and O–H groups in total. The summed E-state index contributed by atoms with van der Waals surface area (Å²) < 4.78 is 11.7. The van der Waals surface area contributed by atoms with Crippen molar-refractivity contribution < 1.29 is 19.1 Å². The number of hydrogen-bond acceptors (Lipinski definition) is 9. The third-order valence-electron chi connectivity index (χ3n) is 2.97. The average molecular weight is 471 g/mol. The van der Waals surface area contributed by atoms with Crippen molar-refractivity contribution in [1.82, 2.24) is 10.2 Å². The first-order chi connectivity index (χ1) is 13.0. The molecule has 0 amide bonds. The summed E-state index contributed by atoms with van der Waals surface area (Å²) >= 11 is 16.3. The van der Waals surface area contributed by atoms with Gasteiger partial charge in [-0.1, -0.05) is 48.0 Å². The highest BCUT2D eigenvalue weighted by Crippen LogP contribution is 2.31. The zero-order valence-corrected chi connectivity index (χ0v) is 18.4. The van der Waals surface area contributed by atoms with E-state index in [9.17, 15) is 9.59 Å². The molecule has 1 aromatic rings. The van der Waals surface area contributed by atoms with Crippen molar-refractivity contribution in [1.29, 1.82) is 0 Å². The minimum Gasteiger partial charge on any atom is -0.462 e. The van der Waals surface area contributed by atoms with E-state index < -0.39 is 11.9 Å². The van der Waals surface area contributed by atoms with Crippen LogP contribution in [0.1, 0.15) is 0 Å². The molecule has 6 nitrogen and oxygen atoms in total. The molecule has 0 aliphatic heterocycles. The summed E-state index contributed by atoms with van der Waals surface area (Å²) in [6.45, 7) is 7.18. The largest absolute Gasteiger partial charge is 0.462 e. The van der Waals surface area contributed by atoms with Crippen molar-refractivity contribution in [3.8, 4) is 0 Å². The summed E-state index contributed by atoms with van der Waals surface area (Å²) in [4.78, 5) is 22.2. The average Bonchev–Trinajstić information content (AvgIpc) is 3.15. The first-order valence-corrected chi connectivity index (χ1v) is 11.7. The molecular formula is C16H20Cl2N2O4S3. The van der Waals surface area contributed by atoms with Gasteiger partial charge in [-0.05, 0) is 0 Å². The Hall–Kier alpha value is -0.740. The lowest BCUT2D eigenvalue weighted by atomic mass is 10.2. The molecule has 0 saturated heterocycles. The number of aromatic nitrogens is 2. The van der Waals surface area contributed by atoms with Gasteiger partial charge in [0, 0.05) is 47.3 Å². The molecule has 11 heteroatoms. The maximum Gasteiger partial charge on any atom is 0.330 e. The smallest absolute Gasteiger partial charge is 0.330 e. The van der Waals surface area contributed by atoms with Crippen molar-refractivity contribution in [3.63, 3.8) is 0 Å². The standard InChI is InChI=1S/C16H20Cl2N2O4S3/c1-3-13(21)23-7-11(5-17)9-25-15-19-20-16(27-15)26-10-12(6-18)8-24-14(22)4-2/h3-4,11-12H,1-2,5-10H2. The predicted molar refractivity (Wildman–Crippen MR) is 112 cm³/mol. The van der Waals surface area contributed by atoms with E-state index >= 15 is 0 Å². The van der Waals surface area contributed by atoms with Crippen molar-refractivity contribution in [2.45, 2.75) is 8.68 Å². The van der Waals surface area contributed by atoms with E-state index in [1.807, 2.05) is 0 Å². The first-order valence-electron chi connectivity index (χ1n) is 7.81. The molecule has 0 aliphatic carbocycles. The van der Waals surface area contributed by atoms with Crippen molar-refractivity contribution in [2.75, 3.05) is 36.5 Å². The van der Waals surface area contributed by atoms with Gasteiger partial charge in [-0.2, -0.15) is 0 Å². The Kier molecular flexibility index (Phi) is 12.9. The second-order valence-electron chi connectivity index (χ2n) is 5.16. The van der Waals surface area contributed by atoms with E-state index in [2.05, 4.69) is 23.4 Å². The van der Waals surface area contributed by atoms with Crippen molar-refractivity contribution >= 4 is 70.0 Å². The minimum atomic E-state index is -0.461. The van der Waals surface area contributed by atoms with Crippen LogP contribution in [0.15, 0.2) is 34.0 Å². The Labute approximate surface area is 181 Å². The SMILES string of the molecule is C=CC(=O)OCC(CCl)CSc1nnc(SCC(CCl)COC(=O)C=C)s1. The van der Waals surface area contributed by atoms with E-state index in [1.165, 1.54) is 34.9 Å². The van der Waals surface area contributed by atoms with Gasteiger partial charge in [-0.3, -0.25) is 0 Å². The number of thioether (sulfide) groups is 2. The summed E-state index contributed by atoms with van der Waals surface area (Å²) in [6, 6.07) is 0. The van der Waals surface area contributed by atoms with Gasteiger partial charge in [0.05, 0.1) is 13.2 Å². The van der Waals surface area contributed by atoms with E-state index in [0.717, 1.165) is 20.8 Å². The number of esters is 2. The molecule has 27 heavy (non-hydrogen) atoms. The Morgan fingerprint density at radius 1 is 0.963 bits per heavy atom. The maximum absolute atomic E-state index is 11.1. The molecule has 0 fully saturated rings. The third-order valence-corrected chi connectivity index (χ3v) is 7.49. The maximum atomic E-state index is 11.1. The first kappa shape index (κ1) is 24.3. The van der Waals surface area contributed by atoms with Gasteiger partial charge in [0.1, 0.15) is 0 Å². The lowest BCUT2D eigenvalue weighted by molar-refractivity contribution is -0.139. The number of carbonyl (C=O) groups excluding carboxylic acids is 2. The Morgan fingerprint density at radius 3 is 1.70 bits per heavy atom. The summed E-state index contributed by atoms with van der Waals surface area (Å²) in [6.07, 6.45) is 2.25. The van der Waals surface area contributed by atoms with Crippen LogP contribution in [0.5, 0.6) is 0 Å². The summed E-state index contributed by atoms with van der Waals surface area (Å²) in [5, 5.41) is 8.27. The second-order valence-corrected chi connectivity index (χ2v) is 9.29. The van der Waals surface area contributed by atoms with Crippen molar-refractivity contribution in [3.05, 3.63) is 25.3 Å². The molecule has 0 spiro atoms. The molecule has 0 saturated carbocycles. The van der Waals surface area contributed by atoms with Crippen LogP contribution in [-0.4, -0.2) is 58.6 Å². The molecular weight excluding hydrogens is 451 g/mol. The zero-order valence-electron chi connectivity index (χ0n) is 14.5. The molecule has 0 radical (unpaired) electrons. The number of hydrogen-bond donors (Lipinski definition) is 0. The monoisotopic (exact) mass is 470 g/mol. The van der Waals surface area contributed by atoms with Gasteiger partial charge in [0.25, 0.3) is 0 Å². The summed E-state index contributed by atoms with van der Waals surface area (Å²) in [7, 11) is 0. The topological polar surface area (TPSA) is 78.4 Å². The number of nitrogens with zero attached hydrogens (tertiary/aromatic N) is 2. The van der Waals surface area contributed by atoms with E-state index in [0.29, 0.717) is 23.3 Å². The predicted octanol–water partition coefficient (Wildman–Crippen LogP) is 3.89. The van der Waals surface area contributed by atoms with Crippen LogP contribution in [0.4, 0.5) is 0 Å². The number of halogens is 2. The van der Waals surface area contributed by atoms with Gasteiger partial charge in [-0.15, -0.1) is 33.4 Å². The van der Waals surface area contributed by atoms with Crippen LogP contribution < -0.4 is 0 Å². The molecule has 2 atom stereocenters. The molecule has 0 aliphatic rings. The zero-order chi connectivity index (χ0) is 20.1. The van der Waals surface area contributed by atoms with Crippen molar-refractivity contribution in [2.24, 2.45) is 11.8 Å². The normalized spacial score (nSPS) is 12.8. The highest BCUT2D eigenvalue weighted by atomic mass is 35.5. The van der Waals surface area contributed by atoms with E-state index in [4.69, 9.17) is 32.7 Å². The fourth-order valence-corrected chi connectivity index (χ4v) is 5.35. The lowest BCUT2D eigenvalue weighted by Gasteiger charge is -2.12. The van der Waals surface area contributed by atoms with E-state index in [1.54, 1.807) is 0 Å².